The topological polar surface area (TPSA) is 66.5 Å². The minimum absolute atomic E-state index is 0.0512. The third-order valence-electron chi connectivity index (χ3n) is 4.50. The summed E-state index contributed by atoms with van der Waals surface area (Å²) in [7, 11) is -3.55. The Morgan fingerprint density at radius 3 is 2.42 bits per heavy atom. The highest BCUT2D eigenvalue weighted by molar-refractivity contribution is 7.98. The monoisotopic (exact) mass is 368 g/mol. The van der Waals surface area contributed by atoms with E-state index in [1.54, 1.807) is 18.2 Å². The minimum atomic E-state index is -3.55. The number of hydrogen-bond acceptors (Lipinski definition) is 4. The Labute approximate surface area is 148 Å². The molecule has 1 aliphatic carbocycles. The average Bonchev–Trinajstić information content (AvgIpc) is 3.39. The Morgan fingerprint density at radius 2 is 1.83 bits per heavy atom. The Balaban J connectivity index is 1.89. The third kappa shape index (κ3) is 4.13. The molecule has 1 saturated carbocycles. The maximum Gasteiger partial charge on any atom is 0.255 e. The van der Waals surface area contributed by atoms with Crippen LogP contribution in [0.15, 0.2) is 28.0 Å². The van der Waals surface area contributed by atoms with Gasteiger partial charge in [-0.15, -0.1) is 11.8 Å². The summed E-state index contributed by atoms with van der Waals surface area (Å²) < 4.78 is 27.6. The van der Waals surface area contributed by atoms with Crippen LogP contribution in [0.2, 0.25) is 0 Å². The summed E-state index contributed by atoms with van der Waals surface area (Å²) in [5.74, 6) is -0.0512. The molecule has 1 aromatic carbocycles. The highest BCUT2D eigenvalue weighted by Crippen LogP contribution is 2.27. The zero-order chi connectivity index (χ0) is 17.2. The van der Waals surface area contributed by atoms with Gasteiger partial charge in [0.05, 0.1) is 10.5 Å². The van der Waals surface area contributed by atoms with E-state index >= 15 is 0 Å². The lowest BCUT2D eigenvalue weighted by molar-refractivity contribution is 0.0758. The summed E-state index contributed by atoms with van der Waals surface area (Å²) in [6.07, 6.45) is 8.02. The van der Waals surface area contributed by atoms with Crippen LogP contribution in [0.4, 0.5) is 0 Å². The zero-order valence-corrected chi connectivity index (χ0v) is 15.6. The quantitative estimate of drug-likeness (QED) is 0.812. The lowest BCUT2D eigenvalue weighted by Gasteiger charge is -2.22. The highest BCUT2D eigenvalue weighted by atomic mass is 32.2. The first-order valence-electron chi connectivity index (χ1n) is 8.51. The molecule has 0 spiro atoms. The molecule has 0 unspecified atom stereocenters. The van der Waals surface area contributed by atoms with E-state index in [9.17, 15) is 13.2 Å². The molecule has 2 fully saturated rings. The summed E-state index contributed by atoms with van der Waals surface area (Å²) in [6.45, 7) is 1.51. The van der Waals surface area contributed by atoms with Crippen molar-refractivity contribution < 1.29 is 13.2 Å². The van der Waals surface area contributed by atoms with Gasteiger partial charge in [0.25, 0.3) is 5.91 Å². The van der Waals surface area contributed by atoms with Gasteiger partial charge in [-0.3, -0.25) is 4.79 Å². The Morgan fingerprint density at radius 1 is 1.17 bits per heavy atom. The van der Waals surface area contributed by atoms with E-state index in [0.717, 1.165) is 56.5 Å². The molecule has 1 aromatic rings. The Bertz CT molecular complexity index is 707. The molecule has 1 saturated heterocycles. The van der Waals surface area contributed by atoms with Gasteiger partial charge in [-0.05, 0) is 50.1 Å². The molecule has 0 radical (unpaired) electrons. The molecule has 0 aromatic heterocycles. The van der Waals surface area contributed by atoms with Crippen LogP contribution in [0.25, 0.3) is 0 Å². The van der Waals surface area contributed by atoms with Crippen molar-refractivity contribution in [3.8, 4) is 0 Å². The molecule has 3 rings (SSSR count). The first-order valence-corrected chi connectivity index (χ1v) is 11.2. The van der Waals surface area contributed by atoms with Crippen molar-refractivity contribution in [1.29, 1.82) is 0 Å². The predicted molar refractivity (Wildman–Crippen MR) is 95.9 cm³/mol. The molecule has 2 aliphatic rings. The number of thioether (sulfide) groups is 1. The van der Waals surface area contributed by atoms with Crippen LogP contribution in [-0.4, -0.2) is 44.6 Å². The smallest absolute Gasteiger partial charge is 0.255 e. The number of hydrogen-bond donors (Lipinski definition) is 1. The maximum absolute atomic E-state index is 12.9. The van der Waals surface area contributed by atoms with Gasteiger partial charge in [-0.1, -0.05) is 12.8 Å². The first kappa shape index (κ1) is 17.8. The lowest BCUT2D eigenvalue weighted by Crippen LogP contribution is -2.32. The van der Waals surface area contributed by atoms with Crippen molar-refractivity contribution in [1.82, 2.24) is 9.62 Å². The van der Waals surface area contributed by atoms with Crippen LogP contribution in [0.1, 0.15) is 48.9 Å². The molecule has 7 heteroatoms. The molecule has 1 heterocycles. The van der Waals surface area contributed by atoms with Crippen molar-refractivity contribution in [2.45, 2.75) is 54.4 Å². The number of carbonyl (C=O) groups excluding carboxylic acids is 1. The van der Waals surface area contributed by atoms with Crippen molar-refractivity contribution >= 4 is 27.7 Å². The minimum Gasteiger partial charge on any atom is -0.339 e. The Hall–Kier alpha value is -1.05. The van der Waals surface area contributed by atoms with E-state index in [2.05, 4.69) is 4.72 Å². The summed E-state index contributed by atoms with van der Waals surface area (Å²) in [5.41, 5.74) is 0.503. The number of carbonyl (C=O) groups is 1. The summed E-state index contributed by atoms with van der Waals surface area (Å²) in [6, 6.07) is 4.94. The van der Waals surface area contributed by atoms with E-state index in [4.69, 9.17) is 0 Å². The second-order valence-electron chi connectivity index (χ2n) is 6.46. The molecule has 0 atom stereocenters. The molecule has 1 aliphatic heterocycles. The molecule has 0 bridgehead atoms. The molecule has 1 N–H and O–H groups in total. The van der Waals surface area contributed by atoms with Crippen LogP contribution >= 0.6 is 11.8 Å². The lowest BCUT2D eigenvalue weighted by atomic mass is 10.2. The first-order chi connectivity index (χ1) is 11.5. The summed E-state index contributed by atoms with van der Waals surface area (Å²) in [5, 5.41) is 0. The fourth-order valence-corrected chi connectivity index (χ4v) is 4.86. The van der Waals surface area contributed by atoms with E-state index in [-0.39, 0.29) is 16.8 Å². The number of sulfonamides is 1. The number of amides is 1. The molecular formula is C17H24N2O3S2. The van der Waals surface area contributed by atoms with Gasteiger partial charge in [0.1, 0.15) is 0 Å². The normalized spacial score (nSPS) is 19.1. The second-order valence-corrected chi connectivity index (χ2v) is 9.03. The van der Waals surface area contributed by atoms with E-state index in [1.807, 2.05) is 11.2 Å². The van der Waals surface area contributed by atoms with Crippen LogP contribution in [0.3, 0.4) is 0 Å². The van der Waals surface area contributed by atoms with E-state index in [1.165, 1.54) is 11.8 Å². The second kappa shape index (κ2) is 7.45. The molecule has 5 nitrogen and oxygen atoms in total. The van der Waals surface area contributed by atoms with Crippen molar-refractivity contribution in [2.24, 2.45) is 0 Å². The molecule has 1 amide bonds. The molecule has 132 valence electrons. The highest BCUT2D eigenvalue weighted by Gasteiger charge is 2.29. The Kier molecular flexibility index (Phi) is 5.52. The maximum atomic E-state index is 12.9. The third-order valence-corrected chi connectivity index (χ3v) is 6.82. The zero-order valence-electron chi connectivity index (χ0n) is 14.0. The number of nitrogens with one attached hydrogen (secondary N) is 1. The van der Waals surface area contributed by atoms with Crippen molar-refractivity contribution in [2.75, 3.05) is 19.3 Å². The van der Waals surface area contributed by atoms with Crippen molar-refractivity contribution in [3.63, 3.8) is 0 Å². The molecular weight excluding hydrogens is 344 g/mol. The van der Waals surface area contributed by atoms with Gasteiger partial charge in [-0.25, -0.2) is 13.1 Å². The number of benzene rings is 1. The van der Waals surface area contributed by atoms with Gasteiger partial charge in [0.15, 0.2) is 0 Å². The van der Waals surface area contributed by atoms with Crippen LogP contribution in [0, 0.1) is 0 Å². The summed E-state index contributed by atoms with van der Waals surface area (Å²) in [4.78, 5) is 15.8. The van der Waals surface area contributed by atoms with Gasteiger partial charge in [0, 0.05) is 24.0 Å². The fraction of sp³-hybridized carbons (Fsp3) is 0.588. The van der Waals surface area contributed by atoms with Gasteiger partial charge >= 0.3 is 0 Å². The fourth-order valence-electron chi connectivity index (χ4n) is 2.95. The van der Waals surface area contributed by atoms with Crippen LogP contribution in [-0.2, 0) is 10.0 Å². The number of nitrogens with zero attached hydrogens (tertiary/aromatic N) is 1. The van der Waals surface area contributed by atoms with Crippen molar-refractivity contribution in [3.05, 3.63) is 23.8 Å². The number of likely N-dealkylation sites (tertiary alicyclic amines) is 1. The van der Waals surface area contributed by atoms with Gasteiger partial charge in [0.2, 0.25) is 10.0 Å². The largest absolute Gasteiger partial charge is 0.339 e. The SMILES string of the molecule is CSc1ccc(S(=O)(=O)NC2CC2)cc1C(=O)N1CCCCCC1. The standard InChI is InChI=1S/C17H24N2O3S2/c1-23-16-9-8-14(24(21,22)18-13-6-7-13)12-15(16)17(20)19-10-4-2-3-5-11-19/h8-9,12-13,18H,2-7,10-11H2,1H3. The molecule has 24 heavy (non-hydrogen) atoms. The number of rotatable bonds is 5. The van der Waals surface area contributed by atoms with Gasteiger partial charge in [-0.2, -0.15) is 0 Å². The average molecular weight is 369 g/mol. The van der Waals surface area contributed by atoms with E-state index in [0.29, 0.717) is 5.56 Å². The van der Waals surface area contributed by atoms with Crippen LogP contribution in [0.5, 0.6) is 0 Å². The van der Waals surface area contributed by atoms with Gasteiger partial charge < -0.3 is 4.90 Å². The summed E-state index contributed by atoms with van der Waals surface area (Å²) >= 11 is 1.48. The van der Waals surface area contributed by atoms with Crippen LogP contribution < -0.4 is 4.72 Å². The predicted octanol–water partition coefficient (Wildman–Crippen LogP) is 2.87. The van der Waals surface area contributed by atoms with E-state index < -0.39 is 10.0 Å².